The number of hydrogen-bond donors (Lipinski definition) is 2. The van der Waals surface area contributed by atoms with Crippen LogP contribution in [0.3, 0.4) is 0 Å². The fourth-order valence-corrected chi connectivity index (χ4v) is 2.17. The minimum Gasteiger partial charge on any atom is -0.332 e. The molecule has 2 aromatic rings. The van der Waals surface area contributed by atoms with Crippen LogP contribution in [0, 0.1) is 18.3 Å². The summed E-state index contributed by atoms with van der Waals surface area (Å²) in [5, 5.41) is 14.5. The topological polar surface area (TPSA) is 64.9 Å². The average molecular weight is 309 g/mol. The van der Waals surface area contributed by atoms with Crippen molar-refractivity contribution in [2.24, 2.45) is 0 Å². The maximum Gasteiger partial charge on any atom is 0.257 e. The van der Waals surface area contributed by atoms with Gasteiger partial charge in [-0.3, -0.25) is 10.1 Å². The maximum absolute atomic E-state index is 12.1. The van der Waals surface area contributed by atoms with Crippen LogP contribution in [0.5, 0.6) is 0 Å². The van der Waals surface area contributed by atoms with Gasteiger partial charge in [-0.1, -0.05) is 30.3 Å². The van der Waals surface area contributed by atoms with E-state index in [4.69, 9.17) is 17.5 Å². The van der Waals surface area contributed by atoms with E-state index in [0.717, 1.165) is 16.8 Å². The molecule has 22 heavy (non-hydrogen) atoms. The van der Waals surface area contributed by atoms with Crippen molar-refractivity contribution in [1.82, 2.24) is 5.32 Å². The lowest BCUT2D eigenvalue weighted by molar-refractivity contribution is 0.0977. The maximum atomic E-state index is 12.1. The number of aryl methyl sites for hydroxylation is 1. The van der Waals surface area contributed by atoms with Crippen molar-refractivity contribution in [2.75, 3.05) is 5.32 Å². The van der Waals surface area contributed by atoms with Gasteiger partial charge in [0.1, 0.15) is 0 Å². The minimum atomic E-state index is -0.239. The Morgan fingerprint density at radius 3 is 2.50 bits per heavy atom. The molecular weight excluding hydrogens is 294 g/mol. The molecule has 0 spiro atoms. The molecule has 0 saturated carbocycles. The van der Waals surface area contributed by atoms with Crippen LogP contribution in [0.25, 0.3) is 0 Å². The number of carbonyl (C=O) groups excluding carboxylic acids is 1. The standard InChI is InChI=1S/C17H15N3OS/c1-12-4-2-3-5-15(12)16(21)20-17(22)19-14-8-6-13(7-9-14)10-11-18/h2-9H,10H2,1H3,(H2,19,20,21,22). The number of nitriles is 1. The Kier molecular flexibility index (Phi) is 5.23. The Bertz CT molecular complexity index is 732. The average Bonchev–Trinajstić information content (AvgIpc) is 2.50. The van der Waals surface area contributed by atoms with Gasteiger partial charge in [0.05, 0.1) is 12.5 Å². The predicted molar refractivity (Wildman–Crippen MR) is 90.6 cm³/mol. The number of hydrogen-bond acceptors (Lipinski definition) is 3. The van der Waals surface area contributed by atoms with Crippen LogP contribution in [0.1, 0.15) is 21.5 Å². The molecule has 0 heterocycles. The smallest absolute Gasteiger partial charge is 0.257 e. The molecule has 0 atom stereocenters. The van der Waals surface area contributed by atoms with Gasteiger partial charge in [-0.05, 0) is 48.5 Å². The first-order valence-electron chi connectivity index (χ1n) is 6.74. The zero-order valence-corrected chi connectivity index (χ0v) is 12.9. The number of nitrogens with zero attached hydrogens (tertiary/aromatic N) is 1. The van der Waals surface area contributed by atoms with E-state index in [-0.39, 0.29) is 11.0 Å². The Hall–Kier alpha value is -2.71. The molecule has 2 N–H and O–H groups in total. The molecule has 2 rings (SSSR count). The molecule has 2 aromatic carbocycles. The number of rotatable bonds is 3. The van der Waals surface area contributed by atoms with Crippen LogP contribution in [-0.2, 0) is 6.42 Å². The molecule has 110 valence electrons. The summed E-state index contributed by atoms with van der Waals surface area (Å²) in [4.78, 5) is 12.1. The van der Waals surface area contributed by atoms with Crippen molar-refractivity contribution in [3.8, 4) is 6.07 Å². The summed E-state index contributed by atoms with van der Waals surface area (Å²) in [5.41, 5.74) is 3.18. The summed E-state index contributed by atoms with van der Waals surface area (Å²) in [7, 11) is 0. The second-order valence-corrected chi connectivity index (χ2v) is 5.16. The third-order valence-corrected chi connectivity index (χ3v) is 3.32. The van der Waals surface area contributed by atoms with Gasteiger partial charge < -0.3 is 5.32 Å². The zero-order valence-electron chi connectivity index (χ0n) is 12.1. The van der Waals surface area contributed by atoms with Crippen molar-refractivity contribution in [3.05, 3.63) is 65.2 Å². The van der Waals surface area contributed by atoms with Crippen LogP contribution in [0.15, 0.2) is 48.5 Å². The van der Waals surface area contributed by atoms with E-state index in [1.54, 1.807) is 6.07 Å². The fraction of sp³-hybridized carbons (Fsp3) is 0.118. The van der Waals surface area contributed by atoms with Gasteiger partial charge in [-0.2, -0.15) is 5.26 Å². The molecule has 1 amide bonds. The zero-order chi connectivity index (χ0) is 15.9. The lowest BCUT2D eigenvalue weighted by Gasteiger charge is -2.11. The van der Waals surface area contributed by atoms with Gasteiger partial charge in [0.25, 0.3) is 5.91 Å². The van der Waals surface area contributed by atoms with Crippen molar-refractivity contribution >= 4 is 28.9 Å². The highest BCUT2D eigenvalue weighted by molar-refractivity contribution is 7.80. The third-order valence-electron chi connectivity index (χ3n) is 3.11. The first-order valence-corrected chi connectivity index (χ1v) is 7.15. The van der Waals surface area contributed by atoms with Crippen molar-refractivity contribution in [1.29, 1.82) is 5.26 Å². The van der Waals surface area contributed by atoms with Crippen molar-refractivity contribution in [2.45, 2.75) is 13.3 Å². The van der Waals surface area contributed by atoms with Gasteiger partial charge in [-0.15, -0.1) is 0 Å². The molecule has 0 aromatic heterocycles. The largest absolute Gasteiger partial charge is 0.332 e. The number of benzene rings is 2. The normalized spacial score (nSPS) is 9.64. The van der Waals surface area contributed by atoms with Crippen LogP contribution < -0.4 is 10.6 Å². The van der Waals surface area contributed by atoms with E-state index in [0.29, 0.717) is 12.0 Å². The van der Waals surface area contributed by atoms with Gasteiger partial charge in [0.2, 0.25) is 0 Å². The van der Waals surface area contributed by atoms with Crippen LogP contribution in [0.4, 0.5) is 5.69 Å². The molecule has 0 saturated heterocycles. The molecule has 0 aliphatic heterocycles. The SMILES string of the molecule is Cc1ccccc1C(=O)NC(=S)Nc1ccc(CC#N)cc1. The monoisotopic (exact) mass is 309 g/mol. The minimum absolute atomic E-state index is 0.237. The van der Waals surface area contributed by atoms with Crippen LogP contribution in [0.2, 0.25) is 0 Å². The first kappa shape index (κ1) is 15.7. The highest BCUT2D eigenvalue weighted by Crippen LogP contribution is 2.10. The predicted octanol–water partition coefficient (Wildman–Crippen LogP) is 3.19. The second kappa shape index (κ2) is 7.34. The highest BCUT2D eigenvalue weighted by Gasteiger charge is 2.09. The molecule has 0 radical (unpaired) electrons. The van der Waals surface area contributed by atoms with Gasteiger partial charge in [0, 0.05) is 11.3 Å². The fourth-order valence-electron chi connectivity index (χ4n) is 1.96. The molecule has 0 bridgehead atoms. The number of amides is 1. The van der Waals surface area contributed by atoms with E-state index in [1.165, 1.54) is 0 Å². The second-order valence-electron chi connectivity index (χ2n) is 4.75. The molecule has 0 unspecified atom stereocenters. The first-order chi connectivity index (χ1) is 10.6. The summed E-state index contributed by atoms with van der Waals surface area (Å²) in [6.45, 7) is 1.87. The summed E-state index contributed by atoms with van der Waals surface area (Å²) < 4.78 is 0. The summed E-state index contributed by atoms with van der Waals surface area (Å²) >= 11 is 5.14. The Morgan fingerprint density at radius 1 is 1.18 bits per heavy atom. The third kappa shape index (κ3) is 4.14. The summed E-state index contributed by atoms with van der Waals surface area (Å²) in [6, 6.07) is 16.7. The van der Waals surface area contributed by atoms with E-state index >= 15 is 0 Å². The molecule has 5 heteroatoms. The van der Waals surface area contributed by atoms with E-state index < -0.39 is 0 Å². The number of anilines is 1. The van der Waals surface area contributed by atoms with Crippen LogP contribution in [-0.4, -0.2) is 11.0 Å². The van der Waals surface area contributed by atoms with E-state index in [1.807, 2.05) is 49.4 Å². The summed E-state index contributed by atoms with van der Waals surface area (Å²) in [6.07, 6.45) is 0.370. The number of carbonyl (C=O) groups is 1. The summed E-state index contributed by atoms with van der Waals surface area (Å²) in [5.74, 6) is -0.239. The van der Waals surface area contributed by atoms with Crippen molar-refractivity contribution in [3.63, 3.8) is 0 Å². The quantitative estimate of drug-likeness (QED) is 0.855. The van der Waals surface area contributed by atoms with Gasteiger partial charge >= 0.3 is 0 Å². The van der Waals surface area contributed by atoms with Crippen molar-refractivity contribution < 1.29 is 4.79 Å². The molecule has 0 fully saturated rings. The van der Waals surface area contributed by atoms with E-state index in [2.05, 4.69) is 16.7 Å². The van der Waals surface area contributed by atoms with Crippen LogP contribution >= 0.6 is 12.2 Å². The molecule has 4 nitrogen and oxygen atoms in total. The number of nitrogens with one attached hydrogen (secondary N) is 2. The Labute approximate surface area is 134 Å². The lowest BCUT2D eigenvalue weighted by atomic mass is 10.1. The Morgan fingerprint density at radius 2 is 1.86 bits per heavy atom. The number of thiocarbonyl (C=S) groups is 1. The Balaban J connectivity index is 1.97. The molecule has 0 aliphatic rings. The van der Waals surface area contributed by atoms with Gasteiger partial charge in [0.15, 0.2) is 5.11 Å². The lowest BCUT2D eigenvalue weighted by Crippen LogP contribution is -2.34. The molecule has 0 aliphatic carbocycles. The molecular formula is C17H15N3OS. The van der Waals surface area contributed by atoms with E-state index in [9.17, 15) is 4.79 Å². The highest BCUT2D eigenvalue weighted by atomic mass is 32.1. The van der Waals surface area contributed by atoms with Gasteiger partial charge in [-0.25, -0.2) is 0 Å².